The summed E-state index contributed by atoms with van der Waals surface area (Å²) in [5, 5.41) is 9.14. The van der Waals surface area contributed by atoms with Crippen LogP contribution in [0.5, 0.6) is 0 Å². The Kier molecular flexibility index (Phi) is 5.17. The number of sulfonamides is 1. The molecule has 124 valence electrons. The standard InChI is InChI=1S/C15H18N2O5S/c1-10-6-8-11(9-7-10)23(21,22)17-16-14(18)12-4-2-3-5-13(12)15(19)20/h2-3,6-9,12-13,17H,4-5H2,1H3,(H,16,18)(H,19,20)/t12-,13-/m1/s1. The van der Waals surface area contributed by atoms with Crippen LogP contribution in [0.3, 0.4) is 0 Å². The van der Waals surface area contributed by atoms with Gasteiger partial charge in [0.25, 0.3) is 10.0 Å². The minimum Gasteiger partial charge on any atom is -0.481 e. The van der Waals surface area contributed by atoms with E-state index in [0.717, 1.165) is 5.56 Å². The molecule has 1 aliphatic rings. The number of carboxylic acids is 1. The second-order valence-electron chi connectivity index (χ2n) is 5.40. The van der Waals surface area contributed by atoms with Crippen LogP contribution in [0.4, 0.5) is 0 Å². The summed E-state index contributed by atoms with van der Waals surface area (Å²) < 4.78 is 24.2. The highest BCUT2D eigenvalue weighted by Crippen LogP contribution is 2.25. The van der Waals surface area contributed by atoms with Crippen LogP contribution in [-0.2, 0) is 19.6 Å². The Morgan fingerprint density at radius 1 is 1.09 bits per heavy atom. The molecule has 0 bridgehead atoms. The van der Waals surface area contributed by atoms with Crippen LogP contribution in [0, 0.1) is 18.8 Å². The number of aryl methyl sites for hydroxylation is 1. The second-order valence-corrected chi connectivity index (χ2v) is 7.08. The molecule has 0 saturated carbocycles. The normalized spacial score (nSPS) is 20.9. The molecule has 0 aliphatic heterocycles. The van der Waals surface area contributed by atoms with Crippen LogP contribution in [0.1, 0.15) is 18.4 Å². The van der Waals surface area contributed by atoms with Crippen molar-refractivity contribution in [2.75, 3.05) is 0 Å². The highest BCUT2D eigenvalue weighted by molar-refractivity contribution is 7.89. The van der Waals surface area contributed by atoms with Crippen molar-refractivity contribution >= 4 is 21.9 Å². The van der Waals surface area contributed by atoms with Gasteiger partial charge < -0.3 is 5.11 Å². The molecule has 2 rings (SSSR count). The first-order chi connectivity index (χ1) is 10.8. The molecule has 0 heterocycles. The van der Waals surface area contributed by atoms with Crippen LogP contribution in [0.25, 0.3) is 0 Å². The fourth-order valence-electron chi connectivity index (χ4n) is 2.36. The molecule has 1 aliphatic carbocycles. The van der Waals surface area contributed by atoms with Crippen LogP contribution < -0.4 is 10.3 Å². The van der Waals surface area contributed by atoms with E-state index in [0.29, 0.717) is 0 Å². The summed E-state index contributed by atoms with van der Waals surface area (Å²) in [4.78, 5) is 25.3. The first-order valence-corrected chi connectivity index (χ1v) is 8.55. The van der Waals surface area contributed by atoms with Crippen molar-refractivity contribution in [2.24, 2.45) is 11.8 Å². The van der Waals surface area contributed by atoms with E-state index in [1.54, 1.807) is 24.3 Å². The SMILES string of the molecule is Cc1ccc(S(=O)(=O)NNC(=O)[C@@H]2CC=CC[C@H]2C(=O)O)cc1. The molecule has 2 atom stereocenters. The van der Waals surface area contributed by atoms with E-state index in [-0.39, 0.29) is 17.7 Å². The predicted molar refractivity (Wildman–Crippen MR) is 82.6 cm³/mol. The molecule has 0 saturated heterocycles. The van der Waals surface area contributed by atoms with Crippen molar-refractivity contribution in [1.29, 1.82) is 0 Å². The molecule has 0 spiro atoms. The third-order valence-electron chi connectivity index (χ3n) is 3.73. The third-order valence-corrected chi connectivity index (χ3v) is 4.99. The smallest absolute Gasteiger partial charge is 0.307 e. The molecule has 0 fully saturated rings. The summed E-state index contributed by atoms with van der Waals surface area (Å²) in [5.74, 6) is -3.39. The molecule has 1 aromatic rings. The van der Waals surface area contributed by atoms with Crippen LogP contribution in [0.15, 0.2) is 41.3 Å². The Labute approximate surface area is 134 Å². The van der Waals surface area contributed by atoms with Crippen LogP contribution in [-0.4, -0.2) is 25.4 Å². The predicted octanol–water partition coefficient (Wildman–Crippen LogP) is 0.972. The highest BCUT2D eigenvalue weighted by atomic mass is 32.2. The number of amides is 1. The molecule has 1 amide bonds. The number of hydrogen-bond donors (Lipinski definition) is 3. The molecular formula is C15H18N2O5S. The molecule has 0 radical (unpaired) electrons. The van der Waals surface area contributed by atoms with E-state index < -0.39 is 33.7 Å². The van der Waals surface area contributed by atoms with Crippen molar-refractivity contribution in [3.05, 3.63) is 42.0 Å². The molecule has 8 heteroatoms. The molecule has 0 aromatic heterocycles. The lowest BCUT2D eigenvalue weighted by molar-refractivity contribution is -0.147. The maximum absolute atomic E-state index is 12.1. The van der Waals surface area contributed by atoms with Crippen molar-refractivity contribution in [3.63, 3.8) is 0 Å². The maximum atomic E-state index is 12.1. The Morgan fingerprint density at radius 2 is 1.65 bits per heavy atom. The van der Waals surface area contributed by atoms with Gasteiger partial charge >= 0.3 is 5.97 Å². The minimum atomic E-state index is -3.90. The average molecular weight is 338 g/mol. The summed E-state index contributed by atoms with van der Waals surface area (Å²) in [7, 11) is -3.90. The van der Waals surface area contributed by atoms with Crippen molar-refractivity contribution in [2.45, 2.75) is 24.7 Å². The third kappa shape index (κ3) is 4.17. The van der Waals surface area contributed by atoms with E-state index in [2.05, 4.69) is 5.43 Å². The van der Waals surface area contributed by atoms with Gasteiger partial charge in [0.2, 0.25) is 5.91 Å². The van der Waals surface area contributed by atoms with Gasteiger partial charge in [-0.15, -0.1) is 4.83 Å². The number of allylic oxidation sites excluding steroid dienone is 2. The Balaban J connectivity index is 2.04. The summed E-state index contributed by atoms with van der Waals surface area (Å²) in [6, 6.07) is 6.13. The Morgan fingerprint density at radius 3 is 2.22 bits per heavy atom. The number of carboxylic acid groups (broad SMARTS) is 1. The minimum absolute atomic E-state index is 0.0155. The quantitative estimate of drug-likeness (QED) is 0.547. The first kappa shape index (κ1) is 17.2. The largest absolute Gasteiger partial charge is 0.481 e. The van der Waals surface area contributed by atoms with E-state index in [9.17, 15) is 18.0 Å². The number of hydrogen-bond acceptors (Lipinski definition) is 4. The number of carbonyl (C=O) groups is 2. The lowest BCUT2D eigenvalue weighted by atomic mass is 9.82. The number of carbonyl (C=O) groups excluding carboxylic acids is 1. The van der Waals surface area contributed by atoms with Crippen molar-refractivity contribution in [3.8, 4) is 0 Å². The van der Waals surface area contributed by atoms with Gasteiger partial charge in [0.05, 0.1) is 16.7 Å². The number of nitrogens with one attached hydrogen (secondary N) is 2. The molecule has 3 N–H and O–H groups in total. The van der Waals surface area contributed by atoms with Gasteiger partial charge in [0.1, 0.15) is 0 Å². The molecule has 1 aromatic carbocycles. The van der Waals surface area contributed by atoms with Gasteiger partial charge in [-0.3, -0.25) is 15.0 Å². The fraction of sp³-hybridized carbons (Fsp3) is 0.333. The monoisotopic (exact) mass is 338 g/mol. The van der Waals surface area contributed by atoms with Crippen LogP contribution >= 0.6 is 0 Å². The Hall–Kier alpha value is -2.19. The molecular weight excluding hydrogens is 320 g/mol. The van der Waals surface area contributed by atoms with E-state index in [1.165, 1.54) is 12.1 Å². The van der Waals surface area contributed by atoms with E-state index >= 15 is 0 Å². The molecule has 7 nitrogen and oxygen atoms in total. The topological polar surface area (TPSA) is 113 Å². The summed E-state index contributed by atoms with van der Waals surface area (Å²) in [5.41, 5.74) is 3.03. The fourth-order valence-corrected chi connectivity index (χ4v) is 3.21. The number of aliphatic carboxylic acids is 1. The van der Waals surface area contributed by atoms with Crippen molar-refractivity contribution in [1.82, 2.24) is 10.3 Å². The average Bonchev–Trinajstić information content (AvgIpc) is 2.53. The zero-order chi connectivity index (χ0) is 17.0. The van der Waals surface area contributed by atoms with Gasteiger partial charge in [0.15, 0.2) is 0 Å². The lowest BCUT2D eigenvalue weighted by Crippen LogP contribution is -2.47. The zero-order valence-electron chi connectivity index (χ0n) is 12.5. The lowest BCUT2D eigenvalue weighted by Gasteiger charge is -2.24. The molecule has 23 heavy (non-hydrogen) atoms. The van der Waals surface area contributed by atoms with Gasteiger partial charge in [-0.05, 0) is 31.9 Å². The first-order valence-electron chi connectivity index (χ1n) is 7.07. The summed E-state index contributed by atoms with van der Waals surface area (Å²) in [6.07, 6.45) is 3.93. The van der Waals surface area contributed by atoms with Gasteiger partial charge in [-0.25, -0.2) is 8.42 Å². The number of hydrazine groups is 1. The zero-order valence-corrected chi connectivity index (χ0v) is 13.3. The van der Waals surface area contributed by atoms with Gasteiger partial charge in [0, 0.05) is 0 Å². The van der Waals surface area contributed by atoms with E-state index in [1.807, 2.05) is 11.8 Å². The van der Waals surface area contributed by atoms with Crippen molar-refractivity contribution < 1.29 is 23.1 Å². The van der Waals surface area contributed by atoms with Gasteiger partial charge in [-0.2, -0.15) is 0 Å². The van der Waals surface area contributed by atoms with E-state index in [4.69, 9.17) is 5.11 Å². The number of rotatable bonds is 5. The maximum Gasteiger partial charge on any atom is 0.307 e. The van der Waals surface area contributed by atoms with Gasteiger partial charge in [-0.1, -0.05) is 29.8 Å². The highest BCUT2D eigenvalue weighted by Gasteiger charge is 2.34. The summed E-state index contributed by atoms with van der Waals surface area (Å²) in [6.45, 7) is 1.83. The van der Waals surface area contributed by atoms with Crippen LogP contribution in [0.2, 0.25) is 0 Å². The Bertz CT molecular complexity index is 725. The second kappa shape index (κ2) is 6.93. The summed E-state index contributed by atoms with van der Waals surface area (Å²) >= 11 is 0. The molecule has 0 unspecified atom stereocenters. The number of benzene rings is 1.